The molecular weight excluding hydrogens is 753 g/mol. The molecule has 4 aromatic carbocycles. The third-order valence-corrected chi connectivity index (χ3v) is 13.2. The number of aromatic nitrogens is 4. The van der Waals surface area contributed by atoms with Crippen molar-refractivity contribution >= 4 is 54.8 Å². The fourth-order valence-electron chi connectivity index (χ4n) is 9.55. The highest BCUT2D eigenvalue weighted by molar-refractivity contribution is 6.10. The minimum absolute atomic E-state index is 0.837. The van der Waals surface area contributed by atoms with Crippen molar-refractivity contribution in [2.45, 2.75) is 130 Å². The second-order valence-electron chi connectivity index (χ2n) is 17.6. The van der Waals surface area contributed by atoms with E-state index in [-0.39, 0.29) is 0 Å². The van der Waals surface area contributed by atoms with Gasteiger partial charge in [-0.05, 0) is 83.6 Å². The van der Waals surface area contributed by atoms with Crippen LogP contribution in [-0.4, -0.2) is 19.1 Å². The highest BCUT2D eigenvalue weighted by Gasteiger charge is 2.15. The van der Waals surface area contributed by atoms with Gasteiger partial charge < -0.3 is 9.13 Å². The molecule has 0 fully saturated rings. The lowest BCUT2D eigenvalue weighted by atomic mass is 9.98. The van der Waals surface area contributed by atoms with Crippen molar-refractivity contribution < 1.29 is 0 Å². The molecule has 4 heteroatoms. The van der Waals surface area contributed by atoms with Crippen molar-refractivity contribution in [2.75, 3.05) is 0 Å². The van der Waals surface area contributed by atoms with E-state index in [1.54, 1.807) is 0 Å². The predicted molar refractivity (Wildman–Crippen MR) is 268 cm³/mol. The van der Waals surface area contributed by atoms with Crippen molar-refractivity contribution in [3.05, 3.63) is 157 Å². The second kappa shape index (κ2) is 20.9. The molecule has 318 valence electrons. The lowest BCUT2D eigenvalue weighted by molar-refractivity contribution is 0.553. The van der Waals surface area contributed by atoms with Gasteiger partial charge in [-0.25, -0.2) is 0 Å². The summed E-state index contributed by atoms with van der Waals surface area (Å²) in [6.45, 7) is 15.8. The van der Waals surface area contributed by atoms with Crippen molar-refractivity contribution in [1.29, 1.82) is 0 Å². The maximum Gasteiger partial charge on any atom is 0.0886 e. The van der Waals surface area contributed by atoms with E-state index in [0.29, 0.717) is 0 Å². The highest BCUT2D eigenvalue weighted by atomic mass is 15.0. The SMILES string of the molecule is C=C(c1ccc(-c2ccc(C(=C)c3ccc4c(c3)c3ccccc3n4CCCCCCCCCC)cn2)nc1)c1ccc2c(c1)c1ccccc1n2CCCCCCCCCC. The van der Waals surface area contributed by atoms with E-state index in [1.165, 1.54) is 146 Å². The van der Waals surface area contributed by atoms with Gasteiger partial charge in [-0.1, -0.05) is 178 Å². The number of aryl methyl sites for hydroxylation is 2. The summed E-state index contributed by atoms with van der Waals surface area (Å²) in [5.41, 5.74) is 13.1. The largest absolute Gasteiger partial charge is 0.340 e. The van der Waals surface area contributed by atoms with Gasteiger partial charge in [0.25, 0.3) is 0 Å². The van der Waals surface area contributed by atoms with Crippen molar-refractivity contribution in [2.24, 2.45) is 0 Å². The molecule has 0 bridgehead atoms. The van der Waals surface area contributed by atoms with Gasteiger partial charge in [-0.3, -0.25) is 9.97 Å². The van der Waals surface area contributed by atoms with E-state index in [9.17, 15) is 0 Å². The van der Waals surface area contributed by atoms with E-state index < -0.39 is 0 Å². The summed E-state index contributed by atoms with van der Waals surface area (Å²) in [5.74, 6) is 0. The standard InChI is InChI=1S/C58H66N4/c1-5-7-9-11-13-15-17-23-37-61-55-27-21-19-25-49(55)51-39-45(31-35-57(51)61)43(3)47-29-33-53(59-41-47)54-34-30-48(42-60-54)44(4)46-32-36-58-52(40-46)50-26-20-22-28-56(50)62(58)38-24-18-16-14-12-10-8-6-2/h19-22,25-36,39-42H,3-18,23-24,37-38H2,1-2H3. The van der Waals surface area contributed by atoms with Gasteiger partial charge in [0, 0.05) is 80.2 Å². The van der Waals surface area contributed by atoms with Crippen LogP contribution in [0.3, 0.4) is 0 Å². The topological polar surface area (TPSA) is 35.6 Å². The van der Waals surface area contributed by atoms with Crippen LogP contribution in [0.2, 0.25) is 0 Å². The molecule has 8 rings (SSSR count). The molecule has 0 aliphatic carbocycles. The zero-order valence-electron chi connectivity index (χ0n) is 37.5. The number of hydrogen-bond acceptors (Lipinski definition) is 2. The highest BCUT2D eigenvalue weighted by Crippen LogP contribution is 2.35. The summed E-state index contributed by atoms with van der Waals surface area (Å²) >= 11 is 0. The van der Waals surface area contributed by atoms with E-state index in [1.807, 2.05) is 12.4 Å². The molecule has 62 heavy (non-hydrogen) atoms. The molecule has 0 aliphatic rings. The number of unbranched alkanes of at least 4 members (excludes halogenated alkanes) is 14. The van der Waals surface area contributed by atoms with E-state index in [2.05, 4.69) is 145 Å². The van der Waals surface area contributed by atoms with Crippen LogP contribution in [-0.2, 0) is 13.1 Å². The Balaban J connectivity index is 0.920. The summed E-state index contributed by atoms with van der Waals surface area (Å²) in [6.07, 6.45) is 25.1. The molecule has 8 aromatic rings. The Morgan fingerprint density at radius 1 is 0.387 bits per heavy atom. The number of benzene rings is 4. The third kappa shape index (κ3) is 9.65. The molecule has 0 saturated carbocycles. The predicted octanol–water partition coefficient (Wildman–Crippen LogP) is 16.8. The molecule has 0 radical (unpaired) electrons. The zero-order chi connectivity index (χ0) is 42.7. The lowest BCUT2D eigenvalue weighted by Crippen LogP contribution is -1.98. The van der Waals surface area contributed by atoms with Crippen LogP contribution in [0.25, 0.3) is 66.1 Å². The molecule has 0 saturated heterocycles. The Labute approximate surface area is 370 Å². The molecule has 4 aromatic heterocycles. The fraction of sp³-hybridized carbons (Fsp3) is 0.345. The van der Waals surface area contributed by atoms with Gasteiger partial charge in [0.1, 0.15) is 0 Å². The second-order valence-corrected chi connectivity index (χ2v) is 17.6. The first-order valence-electron chi connectivity index (χ1n) is 23.9. The van der Waals surface area contributed by atoms with Gasteiger partial charge in [0.2, 0.25) is 0 Å². The molecule has 0 N–H and O–H groups in total. The Bertz CT molecular complexity index is 2550. The van der Waals surface area contributed by atoms with E-state index in [0.717, 1.165) is 57.9 Å². The molecule has 0 unspecified atom stereocenters. The van der Waals surface area contributed by atoms with Crippen LogP contribution in [0, 0.1) is 0 Å². The maximum absolute atomic E-state index is 4.87. The van der Waals surface area contributed by atoms with Crippen LogP contribution >= 0.6 is 0 Å². The first-order valence-corrected chi connectivity index (χ1v) is 23.9. The molecule has 0 spiro atoms. The fourth-order valence-corrected chi connectivity index (χ4v) is 9.55. The Morgan fingerprint density at radius 3 is 1.13 bits per heavy atom. The van der Waals surface area contributed by atoms with Crippen molar-refractivity contribution in [1.82, 2.24) is 19.1 Å². The average molecular weight is 819 g/mol. The zero-order valence-corrected chi connectivity index (χ0v) is 37.5. The molecule has 0 aliphatic heterocycles. The van der Waals surface area contributed by atoms with Crippen LogP contribution in [0.5, 0.6) is 0 Å². The maximum atomic E-state index is 4.87. The Kier molecular flexibility index (Phi) is 14.5. The Hall–Kier alpha value is -5.74. The van der Waals surface area contributed by atoms with E-state index >= 15 is 0 Å². The Morgan fingerprint density at radius 2 is 0.742 bits per heavy atom. The average Bonchev–Trinajstić information content (AvgIpc) is 3.81. The first kappa shape index (κ1) is 42.9. The summed E-state index contributed by atoms with van der Waals surface area (Å²) in [6, 6.07) is 39.7. The van der Waals surface area contributed by atoms with Gasteiger partial charge >= 0.3 is 0 Å². The molecule has 0 amide bonds. The van der Waals surface area contributed by atoms with Crippen molar-refractivity contribution in [3.63, 3.8) is 0 Å². The van der Waals surface area contributed by atoms with Crippen LogP contribution in [0.4, 0.5) is 0 Å². The van der Waals surface area contributed by atoms with Gasteiger partial charge in [0.05, 0.1) is 11.4 Å². The van der Waals surface area contributed by atoms with Gasteiger partial charge in [0.15, 0.2) is 0 Å². The number of fused-ring (bicyclic) bond motifs is 6. The first-order chi connectivity index (χ1) is 30.6. The molecular formula is C58H66N4. The normalized spacial score (nSPS) is 11.7. The van der Waals surface area contributed by atoms with Gasteiger partial charge in [-0.2, -0.15) is 0 Å². The minimum atomic E-state index is 0.837. The monoisotopic (exact) mass is 819 g/mol. The molecule has 4 heterocycles. The minimum Gasteiger partial charge on any atom is -0.340 e. The lowest BCUT2D eigenvalue weighted by Gasteiger charge is -2.11. The van der Waals surface area contributed by atoms with Crippen LogP contribution in [0.15, 0.2) is 135 Å². The van der Waals surface area contributed by atoms with Crippen LogP contribution in [0.1, 0.15) is 139 Å². The summed E-state index contributed by atoms with van der Waals surface area (Å²) in [5, 5.41) is 5.19. The number of rotatable bonds is 23. The smallest absolute Gasteiger partial charge is 0.0886 e. The summed E-state index contributed by atoms with van der Waals surface area (Å²) < 4.78 is 5.05. The quantitative estimate of drug-likeness (QED) is 0.0603. The van der Waals surface area contributed by atoms with Crippen molar-refractivity contribution in [3.8, 4) is 11.4 Å². The third-order valence-electron chi connectivity index (χ3n) is 13.2. The summed E-state index contributed by atoms with van der Waals surface area (Å²) in [4.78, 5) is 9.75. The van der Waals surface area contributed by atoms with Gasteiger partial charge in [-0.15, -0.1) is 0 Å². The van der Waals surface area contributed by atoms with Crippen LogP contribution < -0.4 is 0 Å². The molecule has 0 atom stereocenters. The summed E-state index contributed by atoms with van der Waals surface area (Å²) in [7, 11) is 0. The molecule has 4 nitrogen and oxygen atoms in total. The number of nitrogens with zero attached hydrogens (tertiary/aromatic N) is 4. The number of hydrogen-bond donors (Lipinski definition) is 0. The van der Waals surface area contributed by atoms with E-state index in [4.69, 9.17) is 9.97 Å². The number of para-hydroxylation sites is 2. The number of pyridine rings is 2.